The van der Waals surface area contributed by atoms with Crippen molar-refractivity contribution in [3.05, 3.63) is 68.5 Å². The fourth-order valence-electron chi connectivity index (χ4n) is 2.06. The number of aliphatic hydroxyl groups is 1. The van der Waals surface area contributed by atoms with Crippen LogP contribution < -0.4 is 0 Å². The van der Waals surface area contributed by atoms with Gasteiger partial charge in [0.25, 0.3) is 0 Å². The van der Waals surface area contributed by atoms with E-state index in [9.17, 15) is 18.3 Å². The summed E-state index contributed by atoms with van der Waals surface area (Å²) in [7, 11) is 0. The Labute approximate surface area is 129 Å². The SMILES string of the molecule is Cc1ccc(C(C)(O)c2cc(F)c(Cl)cc2Cl)c(F)c1F. The Morgan fingerprint density at radius 1 is 0.952 bits per heavy atom. The summed E-state index contributed by atoms with van der Waals surface area (Å²) in [4.78, 5) is 0. The van der Waals surface area contributed by atoms with Crippen LogP contribution in [-0.2, 0) is 5.60 Å². The molecule has 6 heteroatoms. The van der Waals surface area contributed by atoms with E-state index >= 15 is 0 Å². The number of rotatable bonds is 2. The van der Waals surface area contributed by atoms with Crippen LogP contribution in [0.5, 0.6) is 0 Å². The van der Waals surface area contributed by atoms with Crippen molar-refractivity contribution in [3.8, 4) is 0 Å². The second kappa shape index (κ2) is 5.52. The van der Waals surface area contributed by atoms with Crippen molar-refractivity contribution in [2.24, 2.45) is 0 Å². The highest BCUT2D eigenvalue weighted by Gasteiger charge is 2.33. The topological polar surface area (TPSA) is 20.2 Å². The van der Waals surface area contributed by atoms with Gasteiger partial charge in [-0.25, -0.2) is 13.2 Å². The van der Waals surface area contributed by atoms with Crippen molar-refractivity contribution in [2.45, 2.75) is 19.4 Å². The Hall–Kier alpha value is -1.23. The molecule has 1 nitrogen and oxygen atoms in total. The maximum absolute atomic E-state index is 14.1. The molecule has 0 spiro atoms. The molecule has 21 heavy (non-hydrogen) atoms. The van der Waals surface area contributed by atoms with Gasteiger partial charge in [0.15, 0.2) is 11.6 Å². The Morgan fingerprint density at radius 2 is 1.57 bits per heavy atom. The van der Waals surface area contributed by atoms with Crippen LogP contribution in [0.4, 0.5) is 13.2 Å². The van der Waals surface area contributed by atoms with Crippen molar-refractivity contribution in [1.82, 2.24) is 0 Å². The minimum atomic E-state index is -2.01. The maximum Gasteiger partial charge on any atom is 0.165 e. The first-order valence-electron chi connectivity index (χ1n) is 5.98. The third-order valence-corrected chi connectivity index (χ3v) is 3.94. The molecule has 112 valence electrons. The molecule has 0 heterocycles. The molecule has 0 saturated heterocycles. The fourth-order valence-corrected chi connectivity index (χ4v) is 2.63. The van der Waals surface area contributed by atoms with Crippen LogP contribution in [-0.4, -0.2) is 5.11 Å². The van der Waals surface area contributed by atoms with Gasteiger partial charge in [-0.1, -0.05) is 35.3 Å². The van der Waals surface area contributed by atoms with Crippen molar-refractivity contribution < 1.29 is 18.3 Å². The second-order valence-corrected chi connectivity index (χ2v) is 5.69. The predicted octanol–water partition coefficient (Wildman–Crippen LogP) is 4.97. The summed E-state index contributed by atoms with van der Waals surface area (Å²) < 4.78 is 41.3. The second-order valence-electron chi connectivity index (χ2n) is 4.88. The zero-order valence-corrected chi connectivity index (χ0v) is 12.7. The molecule has 1 unspecified atom stereocenters. The molecular formula is C15H11Cl2F3O. The molecule has 0 aliphatic carbocycles. The maximum atomic E-state index is 14.1. The average molecular weight is 335 g/mol. The van der Waals surface area contributed by atoms with Gasteiger partial charge in [0, 0.05) is 16.1 Å². The first kappa shape index (κ1) is 16.1. The number of aryl methyl sites for hydroxylation is 1. The van der Waals surface area contributed by atoms with Gasteiger partial charge in [-0.3, -0.25) is 0 Å². The van der Waals surface area contributed by atoms with Crippen LogP contribution in [0.3, 0.4) is 0 Å². The molecule has 1 atom stereocenters. The van der Waals surface area contributed by atoms with Crippen LogP contribution in [0.2, 0.25) is 10.0 Å². The highest BCUT2D eigenvalue weighted by molar-refractivity contribution is 6.35. The molecule has 0 aliphatic heterocycles. The Bertz CT molecular complexity index is 711. The minimum Gasteiger partial charge on any atom is -0.381 e. The quantitative estimate of drug-likeness (QED) is 0.768. The zero-order valence-electron chi connectivity index (χ0n) is 11.1. The molecule has 0 fully saturated rings. The van der Waals surface area contributed by atoms with E-state index in [-0.39, 0.29) is 26.7 Å². The van der Waals surface area contributed by atoms with Gasteiger partial charge in [0.2, 0.25) is 0 Å². The molecule has 0 aromatic heterocycles. The molecule has 0 saturated carbocycles. The lowest BCUT2D eigenvalue weighted by molar-refractivity contribution is 0.0967. The van der Waals surface area contributed by atoms with E-state index in [1.807, 2.05) is 0 Å². The van der Waals surface area contributed by atoms with Crippen molar-refractivity contribution in [3.63, 3.8) is 0 Å². The third-order valence-electron chi connectivity index (χ3n) is 3.33. The summed E-state index contributed by atoms with van der Waals surface area (Å²) in [5.74, 6) is -3.09. The molecule has 0 bridgehead atoms. The van der Waals surface area contributed by atoms with E-state index in [2.05, 4.69) is 0 Å². The smallest absolute Gasteiger partial charge is 0.165 e. The summed E-state index contributed by atoms with van der Waals surface area (Å²) in [6, 6.07) is 4.56. The van der Waals surface area contributed by atoms with E-state index in [0.717, 1.165) is 12.1 Å². The average Bonchev–Trinajstić information content (AvgIpc) is 2.39. The van der Waals surface area contributed by atoms with Gasteiger partial charge < -0.3 is 5.11 Å². The monoisotopic (exact) mass is 334 g/mol. The summed E-state index contributed by atoms with van der Waals surface area (Å²) in [5, 5.41) is 10.3. The van der Waals surface area contributed by atoms with Crippen LogP contribution in [0, 0.1) is 24.4 Å². The minimum absolute atomic E-state index is 0.0493. The van der Waals surface area contributed by atoms with Crippen molar-refractivity contribution >= 4 is 23.2 Å². The van der Waals surface area contributed by atoms with Gasteiger partial charge in [0.1, 0.15) is 11.4 Å². The number of benzene rings is 2. The number of hydrogen-bond donors (Lipinski definition) is 1. The van der Waals surface area contributed by atoms with Gasteiger partial charge in [-0.15, -0.1) is 0 Å². The predicted molar refractivity (Wildman–Crippen MR) is 76.2 cm³/mol. The van der Waals surface area contributed by atoms with Gasteiger partial charge >= 0.3 is 0 Å². The van der Waals surface area contributed by atoms with E-state index in [4.69, 9.17) is 23.2 Å². The summed E-state index contributed by atoms with van der Waals surface area (Å²) in [6.45, 7) is 2.60. The largest absolute Gasteiger partial charge is 0.381 e. The molecular weight excluding hydrogens is 324 g/mol. The Balaban J connectivity index is 2.68. The molecule has 2 aromatic rings. The first-order valence-corrected chi connectivity index (χ1v) is 6.74. The van der Waals surface area contributed by atoms with Gasteiger partial charge in [-0.05, 0) is 31.5 Å². The molecule has 0 amide bonds. The zero-order chi connectivity index (χ0) is 15.9. The van der Waals surface area contributed by atoms with Crippen molar-refractivity contribution in [2.75, 3.05) is 0 Å². The van der Waals surface area contributed by atoms with E-state index in [1.54, 1.807) is 0 Å². The molecule has 0 aliphatic rings. The van der Waals surface area contributed by atoms with Gasteiger partial charge in [-0.2, -0.15) is 0 Å². The third kappa shape index (κ3) is 2.76. The lowest BCUT2D eigenvalue weighted by Crippen LogP contribution is -2.25. The number of halogens is 5. The summed E-state index contributed by atoms with van der Waals surface area (Å²) in [5.41, 5.74) is -2.36. The molecule has 0 radical (unpaired) electrons. The van der Waals surface area contributed by atoms with Crippen LogP contribution in [0.25, 0.3) is 0 Å². The molecule has 1 N–H and O–H groups in total. The lowest BCUT2D eigenvalue weighted by Gasteiger charge is -2.26. The lowest BCUT2D eigenvalue weighted by atomic mass is 9.87. The first-order chi connectivity index (χ1) is 9.66. The van der Waals surface area contributed by atoms with Crippen LogP contribution in [0.15, 0.2) is 24.3 Å². The van der Waals surface area contributed by atoms with Crippen LogP contribution >= 0.6 is 23.2 Å². The highest BCUT2D eigenvalue weighted by atomic mass is 35.5. The summed E-state index contributed by atoms with van der Waals surface area (Å²) in [6.07, 6.45) is 0. The van der Waals surface area contributed by atoms with E-state index in [0.29, 0.717) is 0 Å². The number of hydrogen-bond acceptors (Lipinski definition) is 1. The Kier molecular flexibility index (Phi) is 4.24. The van der Waals surface area contributed by atoms with Crippen molar-refractivity contribution in [1.29, 1.82) is 0 Å². The molecule has 2 rings (SSSR count). The normalized spacial score (nSPS) is 14.1. The van der Waals surface area contributed by atoms with Gasteiger partial charge in [0.05, 0.1) is 5.02 Å². The highest BCUT2D eigenvalue weighted by Crippen LogP contribution is 2.38. The van der Waals surface area contributed by atoms with E-state index in [1.165, 1.54) is 26.0 Å². The Morgan fingerprint density at radius 3 is 2.19 bits per heavy atom. The van der Waals surface area contributed by atoms with E-state index < -0.39 is 23.1 Å². The van der Waals surface area contributed by atoms with Crippen LogP contribution in [0.1, 0.15) is 23.6 Å². The standard InChI is InChI=1S/C15H11Cl2F3O/c1-7-3-4-8(14(20)13(7)19)15(2,21)9-5-12(18)11(17)6-10(9)16/h3-6,21H,1-2H3. The molecule has 2 aromatic carbocycles. The fraction of sp³-hybridized carbons (Fsp3) is 0.200. The summed E-state index contributed by atoms with van der Waals surface area (Å²) >= 11 is 11.5.